The van der Waals surface area contributed by atoms with Crippen LogP contribution < -0.4 is 5.32 Å². The Morgan fingerprint density at radius 2 is 2.28 bits per heavy atom. The molecule has 102 valence electrons. The fourth-order valence-electron chi connectivity index (χ4n) is 1.89. The molecule has 5 nitrogen and oxygen atoms in total. The topological polar surface area (TPSA) is 58.1 Å². The Morgan fingerprint density at radius 1 is 1.50 bits per heavy atom. The maximum absolute atomic E-state index is 12.0. The molecule has 1 fully saturated rings. The van der Waals surface area contributed by atoms with Crippen LogP contribution in [0.25, 0.3) is 0 Å². The van der Waals surface area contributed by atoms with Crippen LogP contribution in [-0.2, 0) is 11.3 Å². The van der Waals surface area contributed by atoms with Crippen molar-refractivity contribution in [3.63, 3.8) is 0 Å². The van der Waals surface area contributed by atoms with Gasteiger partial charge in [0.15, 0.2) is 0 Å². The zero-order valence-electron chi connectivity index (χ0n) is 10.2. The average molecular weight is 293 g/mol. The smallest absolute Gasteiger partial charge is 0.239 e. The number of carbonyl (C=O) groups is 1. The predicted molar refractivity (Wildman–Crippen MR) is 74.0 cm³/mol. The van der Waals surface area contributed by atoms with Crippen LogP contribution in [0, 0.1) is 0 Å². The number of rotatable bonds is 3. The Balaban J connectivity index is 0.00000144. The maximum Gasteiger partial charge on any atom is 0.239 e. The molecule has 0 saturated carbocycles. The first-order valence-electron chi connectivity index (χ1n) is 5.50. The van der Waals surface area contributed by atoms with Gasteiger partial charge < -0.3 is 10.2 Å². The third-order valence-electron chi connectivity index (χ3n) is 2.75. The molecule has 1 aliphatic rings. The molecule has 2 heterocycles. The Kier molecular flexibility index (Phi) is 7.82. The van der Waals surface area contributed by atoms with Gasteiger partial charge in [-0.15, -0.1) is 24.8 Å². The van der Waals surface area contributed by atoms with Crippen molar-refractivity contribution in [1.29, 1.82) is 0 Å². The van der Waals surface area contributed by atoms with Crippen molar-refractivity contribution in [2.24, 2.45) is 0 Å². The summed E-state index contributed by atoms with van der Waals surface area (Å²) in [4.78, 5) is 21.8. The summed E-state index contributed by atoms with van der Waals surface area (Å²) in [6.45, 7) is 1.46. The molecule has 2 rings (SSSR count). The molecule has 1 aromatic heterocycles. The maximum atomic E-state index is 12.0. The van der Waals surface area contributed by atoms with Crippen LogP contribution in [0.1, 0.15) is 18.5 Å². The highest BCUT2D eigenvalue weighted by Gasteiger charge is 2.24. The van der Waals surface area contributed by atoms with Crippen LogP contribution in [0.15, 0.2) is 18.6 Å². The number of aromatic nitrogens is 2. The van der Waals surface area contributed by atoms with Crippen molar-refractivity contribution in [2.75, 3.05) is 13.6 Å². The van der Waals surface area contributed by atoms with Crippen molar-refractivity contribution in [2.45, 2.75) is 25.4 Å². The zero-order chi connectivity index (χ0) is 11.4. The van der Waals surface area contributed by atoms with Crippen molar-refractivity contribution in [3.05, 3.63) is 24.3 Å². The molecule has 1 saturated heterocycles. The van der Waals surface area contributed by atoms with Gasteiger partial charge in [-0.2, -0.15) is 0 Å². The monoisotopic (exact) mass is 292 g/mol. The van der Waals surface area contributed by atoms with Gasteiger partial charge in [-0.25, -0.2) is 0 Å². The highest BCUT2D eigenvalue weighted by atomic mass is 35.5. The van der Waals surface area contributed by atoms with Crippen molar-refractivity contribution >= 4 is 30.7 Å². The molecule has 1 atom stereocenters. The third-order valence-corrected chi connectivity index (χ3v) is 2.75. The summed E-state index contributed by atoms with van der Waals surface area (Å²) in [5.74, 6) is 0.142. The Labute approximate surface area is 119 Å². The molecule has 1 aliphatic heterocycles. The van der Waals surface area contributed by atoms with E-state index in [9.17, 15) is 4.79 Å². The lowest BCUT2D eigenvalue weighted by molar-refractivity contribution is -0.132. The molecule has 18 heavy (non-hydrogen) atoms. The molecule has 1 unspecified atom stereocenters. The molecule has 0 aliphatic carbocycles. The molecule has 0 bridgehead atoms. The fraction of sp³-hybridized carbons (Fsp3) is 0.545. The Morgan fingerprint density at radius 3 is 2.83 bits per heavy atom. The SMILES string of the molecule is CN(Cc1cnccn1)C(=O)C1CCCN1.Cl.Cl. The molecule has 0 aromatic carbocycles. The normalized spacial score (nSPS) is 17.5. The van der Waals surface area contributed by atoms with Crippen LogP contribution in [0.5, 0.6) is 0 Å². The molecule has 1 N–H and O–H groups in total. The number of hydrogen-bond acceptors (Lipinski definition) is 4. The second-order valence-electron chi connectivity index (χ2n) is 4.04. The van der Waals surface area contributed by atoms with Gasteiger partial charge in [0.25, 0.3) is 0 Å². The van der Waals surface area contributed by atoms with Crippen molar-refractivity contribution in [3.8, 4) is 0 Å². The second-order valence-corrected chi connectivity index (χ2v) is 4.04. The van der Waals surface area contributed by atoms with Crippen molar-refractivity contribution in [1.82, 2.24) is 20.2 Å². The first kappa shape index (κ1) is 17.1. The number of nitrogens with zero attached hydrogens (tertiary/aromatic N) is 3. The third kappa shape index (κ3) is 4.40. The van der Waals surface area contributed by atoms with Gasteiger partial charge in [-0.05, 0) is 19.4 Å². The van der Waals surface area contributed by atoms with E-state index in [-0.39, 0.29) is 36.8 Å². The van der Waals surface area contributed by atoms with E-state index < -0.39 is 0 Å². The minimum absolute atomic E-state index is 0. The van der Waals surface area contributed by atoms with Crippen LogP contribution >= 0.6 is 24.8 Å². The summed E-state index contributed by atoms with van der Waals surface area (Å²) in [7, 11) is 1.80. The number of nitrogens with one attached hydrogen (secondary N) is 1. The minimum Gasteiger partial charge on any atom is -0.338 e. The van der Waals surface area contributed by atoms with E-state index in [0.29, 0.717) is 6.54 Å². The summed E-state index contributed by atoms with van der Waals surface area (Å²) < 4.78 is 0. The summed E-state index contributed by atoms with van der Waals surface area (Å²) in [6, 6.07) is -0.0123. The van der Waals surface area contributed by atoms with Crippen LogP contribution in [0.4, 0.5) is 0 Å². The highest BCUT2D eigenvalue weighted by Crippen LogP contribution is 2.09. The van der Waals surface area contributed by atoms with Gasteiger partial charge in [0, 0.05) is 19.4 Å². The molecule has 7 heteroatoms. The van der Waals surface area contributed by atoms with Crippen LogP contribution in [-0.4, -0.2) is 40.4 Å². The first-order valence-corrected chi connectivity index (χ1v) is 5.50. The number of halogens is 2. The number of amides is 1. The molecule has 1 aromatic rings. The summed E-state index contributed by atoms with van der Waals surface area (Å²) in [6.07, 6.45) is 6.97. The van der Waals surface area contributed by atoms with Crippen molar-refractivity contribution < 1.29 is 4.79 Å². The average Bonchev–Trinajstić information content (AvgIpc) is 2.83. The van der Waals surface area contributed by atoms with E-state index in [2.05, 4.69) is 15.3 Å². The molecule has 0 radical (unpaired) electrons. The fourth-order valence-corrected chi connectivity index (χ4v) is 1.89. The molecular formula is C11H18Cl2N4O. The standard InChI is InChI=1S/C11H16N4O.2ClH/c1-15(8-9-7-12-5-6-13-9)11(16)10-3-2-4-14-10;;/h5-7,10,14H,2-4,8H2,1H3;2*1H. The Hall–Kier alpha value is -0.910. The lowest BCUT2D eigenvalue weighted by Gasteiger charge is -2.20. The lowest BCUT2D eigenvalue weighted by Crippen LogP contribution is -2.41. The van der Waals surface area contributed by atoms with E-state index in [1.54, 1.807) is 30.5 Å². The van der Waals surface area contributed by atoms with Gasteiger partial charge in [-0.3, -0.25) is 14.8 Å². The summed E-state index contributed by atoms with van der Waals surface area (Å²) >= 11 is 0. The second kappa shape index (κ2) is 8.24. The van der Waals surface area contributed by atoms with E-state index >= 15 is 0 Å². The predicted octanol–water partition coefficient (Wildman–Crippen LogP) is 1.03. The number of carbonyl (C=O) groups excluding carboxylic acids is 1. The highest BCUT2D eigenvalue weighted by molar-refractivity contribution is 5.85. The molecule has 0 spiro atoms. The van der Waals surface area contributed by atoms with Crippen LogP contribution in [0.3, 0.4) is 0 Å². The van der Waals surface area contributed by atoms with Gasteiger partial charge in [-0.1, -0.05) is 0 Å². The van der Waals surface area contributed by atoms with Gasteiger partial charge in [0.05, 0.1) is 24.5 Å². The van der Waals surface area contributed by atoms with E-state index in [4.69, 9.17) is 0 Å². The van der Waals surface area contributed by atoms with E-state index in [1.807, 2.05) is 0 Å². The summed E-state index contributed by atoms with van der Waals surface area (Å²) in [5, 5.41) is 3.20. The lowest BCUT2D eigenvalue weighted by atomic mass is 10.2. The molecular weight excluding hydrogens is 275 g/mol. The first-order chi connectivity index (χ1) is 7.77. The number of hydrogen-bond donors (Lipinski definition) is 1. The molecule has 1 amide bonds. The minimum atomic E-state index is -0.0123. The van der Waals surface area contributed by atoms with E-state index in [1.165, 1.54) is 0 Å². The quantitative estimate of drug-likeness (QED) is 0.904. The van der Waals surface area contributed by atoms with E-state index in [0.717, 1.165) is 25.1 Å². The summed E-state index contributed by atoms with van der Waals surface area (Å²) in [5.41, 5.74) is 0.816. The van der Waals surface area contributed by atoms with Gasteiger partial charge in [0.2, 0.25) is 5.91 Å². The Bertz CT molecular complexity index is 357. The largest absolute Gasteiger partial charge is 0.338 e. The van der Waals surface area contributed by atoms with Gasteiger partial charge >= 0.3 is 0 Å². The zero-order valence-corrected chi connectivity index (χ0v) is 11.8. The van der Waals surface area contributed by atoms with Crippen LogP contribution in [0.2, 0.25) is 0 Å². The van der Waals surface area contributed by atoms with Gasteiger partial charge in [0.1, 0.15) is 0 Å². The number of likely N-dealkylation sites (N-methyl/N-ethyl adjacent to an activating group) is 1.